The molecule has 7 heteroatoms. The van der Waals surface area contributed by atoms with Crippen LogP contribution in [-0.2, 0) is 24.4 Å². The largest absolute Gasteiger partial charge is 0.497 e. The van der Waals surface area contributed by atoms with Gasteiger partial charge in [-0.25, -0.2) is 4.98 Å². The fourth-order valence-electron chi connectivity index (χ4n) is 2.87. The number of nitrogens with zero attached hydrogens (tertiary/aromatic N) is 2. The van der Waals surface area contributed by atoms with Gasteiger partial charge in [0.15, 0.2) is 5.16 Å². The highest BCUT2D eigenvalue weighted by molar-refractivity contribution is 7.99. The highest BCUT2D eigenvalue weighted by Gasteiger charge is 2.13. The summed E-state index contributed by atoms with van der Waals surface area (Å²) in [6, 6.07) is 15.6. The van der Waals surface area contributed by atoms with Gasteiger partial charge >= 0.3 is 0 Å². The molecule has 29 heavy (non-hydrogen) atoms. The van der Waals surface area contributed by atoms with Gasteiger partial charge in [-0.05, 0) is 41.8 Å². The molecule has 3 rings (SSSR count). The molecule has 0 aliphatic heterocycles. The van der Waals surface area contributed by atoms with Gasteiger partial charge in [0.1, 0.15) is 5.75 Å². The van der Waals surface area contributed by atoms with Crippen LogP contribution in [-0.4, -0.2) is 33.4 Å². The summed E-state index contributed by atoms with van der Waals surface area (Å²) >= 11 is 1.35. The number of carbonyl (C=O) groups excluding carboxylic acids is 1. The fraction of sp³-hybridized carbons (Fsp3) is 0.273. The number of amides is 1. The third kappa shape index (κ3) is 5.62. The molecular formula is C22H25N3O3S. The van der Waals surface area contributed by atoms with E-state index in [2.05, 4.69) is 17.2 Å². The number of aryl methyl sites for hydroxylation is 1. The number of anilines is 1. The van der Waals surface area contributed by atoms with Gasteiger partial charge in [-0.2, -0.15) is 0 Å². The Kier molecular flexibility index (Phi) is 7.32. The Balaban J connectivity index is 1.63. The molecule has 0 saturated carbocycles. The Labute approximate surface area is 174 Å². The van der Waals surface area contributed by atoms with E-state index in [9.17, 15) is 9.90 Å². The maximum absolute atomic E-state index is 12.3. The van der Waals surface area contributed by atoms with Crippen molar-refractivity contribution < 1.29 is 14.6 Å². The molecule has 3 aromatic rings. The molecule has 1 amide bonds. The Morgan fingerprint density at radius 1 is 1.14 bits per heavy atom. The van der Waals surface area contributed by atoms with E-state index in [0.717, 1.165) is 23.4 Å². The van der Waals surface area contributed by atoms with Crippen LogP contribution in [0.25, 0.3) is 0 Å². The van der Waals surface area contributed by atoms with Crippen molar-refractivity contribution in [2.24, 2.45) is 0 Å². The monoisotopic (exact) mass is 411 g/mol. The molecule has 0 atom stereocenters. The molecule has 6 nitrogen and oxygen atoms in total. The molecule has 152 valence electrons. The van der Waals surface area contributed by atoms with Crippen LogP contribution in [0.3, 0.4) is 0 Å². The molecule has 0 radical (unpaired) electrons. The number of imidazole rings is 1. The maximum atomic E-state index is 12.3. The van der Waals surface area contributed by atoms with E-state index in [1.54, 1.807) is 13.3 Å². The van der Waals surface area contributed by atoms with E-state index < -0.39 is 0 Å². The number of hydrogen-bond donors (Lipinski definition) is 2. The number of hydrogen-bond acceptors (Lipinski definition) is 5. The normalized spacial score (nSPS) is 10.7. The predicted molar refractivity (Wildman–Crippen MR) is 115 cm³/mol. The van der Waals surface area contributed by atoms with Gasteiger partial charge in [0.05, 0.1) is 31.4 Å². The molecule has 0 aliphatic carbocycles. The van der Waals surface area contributed by atoms with Gasteiger partial charge in [0.25, 0.3) is 0 Å². The average Bonchev–Trinajstić information content (AvgIpc) is 3.15. The summed E-state index contributed by atoms with van der Waals surface area (Å²) in [4.78, 5) is 16.7. The first-order chi connectivity index (χ1) is 14.1. The number of carbonyl (C=O) groups is 1. The zero-order valence-corrected chi connectivity index (χ0v) is 17.4. The van der Waals surface area contributed by atoms with Gasteiger partial charge < -0.3 is 19.7 Å². The third-order valence-corrected chi connectivity index (χ3v) is 5.53. The number of ether oxygens (including phenoxy) is 1. The van der Waals surface area contributed by atoms with Crippen molar-refractivity contribution in [3.63, 3.8) is 0 Å². The van der Waals surface area contributed by atoms with Gasteiger partial charge in [-0.15, -0.1) is 0 Å². The Morgan fingerprint density at radius 3 is 2.45 bits per heavy atom. The van der Waals surface area contributed by atoms with Crippen LogP contribution in [0.2, 0.25) is 0 Å². The summed E-state index contributed by atoms with van der Waals surface area (Å²) in [6.07, 6.45) is 2.61. The summed E-state index contributed by atoms with van der Waals surface area (Å²) in [6.45, 7) is 2.54. The number of aliphatic hydroxyl groups excluding tert-OH is 1. The lowest BCUT2D eigenvalue weighted by Crippen LogP contribution is -2.15. The Morgan fingerprint density at radius 2 is 1.83 bits per heavy atom. The van der Waals surface area contributed by atoms with Crippen molar-refractivity contribution in [1.29, 1.82) is 0 Å². The minimum Gasteiger partial charge on any atom is -0.497 e. The number of rotatable bonds is 9. The molecule has 1 heterocycles. The lowest BCUT2D eigenvalue weighted by molar-refractivity contribution is -0.113. The zero-order chi connectivity index (χ0) is 20.6. The number of benzene rings is 2. The van der Waals surface area contributed by atoms with Crippen molar-refractivity contribution in [2.75, 3.05) is 18.2 Å². The first kappa shape index (κ1) is 21.0. The van der Waals surface area contributed by atoms with Gasteiger partial charge in [0, 0.05) is 12.2 Å². The number of nitrogens with one attached hydrogen (secondary N) is 1. The van der Waals surface area contributed by atoms with Gasteiger partial charge in [0.2, 0.25) is 5.91 Å². The summed E-state index contributed by atoms with van der Waals surface area (Å²) in [5, 5.41) is 13.2. The minimum atomic E-state index is -0.111. The van der Waals surface area contributed by atoms with Crippen molar-refractivity contribution in [3.05, 3.63) is 71.5 Å². The van der Waals surface area contributed by atoms with Crippen LogP contribution in [0.4, 0.5) is 5.69 Å². The number of methoxy groups -OCH3 is 1. The molecule has 0 fully saturated rings. The second-order valence-electron chi connectivity index (χ2n) is 6.51. The summed E-state index contributed by atoms with van der Waals surface area (Å²) < 4.78 is 7.12. The Hall–Kier alpha value is -2.77. The van der Waals surface area contributed by atoms with Crippen LogP contribution in [0.1, 0.15) is 23.7 Å². The number of aliphatic hydroxyl groups is 1. The molecule has 2 N–H and O–H groups in total. The van der Waals surface area contributed by atoms with Crippen molar-refractivity contribution in [1.82, 2.24) is 9.55 Å². The lowest BCUT2D eigenvalue weighted by atomic mass is 10.1. The predicted octanol–water partition coefficient (Wildman–Crippen LogP) is 3.73. The third-order valence-electron chi connectivity index (χ3n) is 4.54. The van der Waals surface area contributed by atoms with E-state index in [1.807, 2.05) is 53.1 Å². The fourth-order valence-corrected chi connectivity index (χ4v) is 3.66. The molecule has 1 aromatic heterocycles. The van der Waals surface area contributed by atoms with E-state index in [4.69, 9.17) is 4.74 Å². The summed E-state index contributed by atoms with van der Waals surface area (Å²) in [5.74, 6) is 0.934. The number of thioether (sulfide) groups is 1. The maximum Gasteiger partial charge on any atom is 0.234 e. The van der Waals surface area contributed by atoms with E-state index in [0.29, 0.717) is 17.4 Å². The SMILES string of the molecule is CCc1ccc(NC(=O)CSc2ncc(CO)n2Cc2ccc(OC)cc2)cc1. The molecule has 0 aliphatic rings. The van der Waals surface area contributed by atoms with Gasteiger partial charge in [-0.1, -0.05) is 43.0 Å². The topological polar surface area (TPSA) is 76.4 Å². The zero-order valence-electron chi connectivity index (χ0n) is 16.6. The molecule has 0 saturated heterocycles. The van der Waals surface area contributed by atoms with Crippen LogP contribution < -0.4 is 10.1 Å². The smallest absolute Gasteiger partial charge is 0.234 e. The van der Waals surface area contributed by atoms with Crippen molar-refractivity contribution >= 4 is 23.4 Å². The molecule has 0 bridgehead atoms. The molecule has 0 spiro atoms. The Bertz CT molecular complexity index is 937. The molecule has 2 aromatic carbocycles. The highest BCUT2D eigenvalue weighted by Crippen LogP contribution is 2.22. The second kappa shape index (κ2) is 10.1. The standard InChI is InChI=1S/C22H25N3O3S/c1-3-16-4-8-18(9-5-16)24-21(27)15-29-22-23-12-19(14-26)25(22)13-17-6-10-20(28-2)11-7-17/h4-12,26H,3,13-15H2,1-2H3,(H,24,27). The quantitative estimate of drug-likeness (QED) is 0.525. The lowest BCUT2D eigenvalue weighted by Gasteiger charge is -2.11. The first-order valence-electron chi connectivity index (χ1n) is 9.42. The van der Waals surface area contributed by atoms with E-state index >= 15 is 0 Å². The molecule has 0 unspecified atom stereocenters. The van der Waals surface area contributed by atoms with E-state index in [-0.39, 0.29) is 18.3 Å². The van der Waals surface area contributed by atoms with Crippen LogP contribution in [0.5, 0.6) is 5.75 Å². The second-order valence-corrected chi connectivity index (χ2v) is 7.45. The van der Waals surface area contributed by atoms with Crippen molar-refractivity contribution in [2.45, 2.75) is 31.7 Å². The first-order valence-corrected chi connectivity index (χ1v) is 10.4. The summed E-state index contributed by atoms with van der Waals surface area (Å²) in [7, 11) is 1.63. The van der Waals surface area contributed by atoms with Gasteiger partial charge in [-0.3, -0.25) is 4.79 Å². The minimum absolute atomic E-state index is 0.0937. The van der Waals surface area contributed by atoms with E-state index in [1.165, 1.54) is 17.3 Å². The van der Waals surface area contributed by atoms with Crippen LogP contribution >= 0.6 is 11.8 Å². The number of aromatic nitrogens is 2. The van der Waals surface area contributed by atoms with Crippen molar-refractivity contribution in [3.8, 4) is 5.75 Å². The van der Waals surface area contributed by atoms with Crippen LogP contribution in [0, 0.1) is 0 Å². The average molecular weight is 412 g/mol. The molecular weight excluding hydrogens is 386 g/mol. The van der Waals surface area contributed by atoms with Crippen LogP contribution in [0.15, 0.2) is 59.9 Å². The summed E-state index contributed by atoms with van der Waals surface area (Å²) in [5.41, 5.74) is 3.78. The highest BCUT2D eigenvalue weighted by atomic mass is 32.2.